The van der Waals surface area contributed by atoms with Gasteiger partial charge in [-0.3, -0.25) is 4.79 Å². The number of Topliss-reactive ketones (excluding diaryl/α,β-unsaturated/α-hetero) is 1. The lowest BCUT2D eigenvalue weighted by Crippen LogP contribution is -2.29. The Morgan fingerprint density at radius 2 is 1.58 bits per heavy atom. The highest BCUT2D eigenvalue weighted by atomic mass is 16.1. The molecule has 0 bridgehead atoms. The van der Waals surface area contributed by atoms with E-state index in [0.717, 1.165) is 22.5 Å². The predicted octanol–water partition coefficient (Wildman–Crippen LogP) is 7.63. The summed E-state index contributed by atoms with van der Waals surface area (Å²) in [7, 11) is 0. The van der Waals surface area contributed by atoms with Gasteiger partial charge in [-0.1, -0.05) is 95.4 Å². The van der Waals surface area contributed by atoms with Crippen molar-refractivity contribution in [2.24, 2.45) is 5.92 Å². The van der Waals surface area contributed by atoms with Crippen LogP contribution in [0.2, 0.25) is 0 Å². The van der Waals surface area contributed by atoms with E-state index in [2.05, 4.69) is 52.1 Å². The third-order valence-electron chi connectivity index (χ3n) is 4.46. The first-order valence-corrected chi connectivity index (χ1v) is 10.3. The molecular weight excluding hydrogens is 378 g/mol. The largest absolute Gasteiger partial charge is 0.355 e. The van der Waals surface area contributed by atoms with Crippen LogP contribution in [0.3, 0.4) is 0 Å². The molecule has 1 aliphatic rings. The third-order valence-corrected chi connectivity index (χ3v) is 4.46. The second-order valence-electron chi connectivity index (χ2n) is 7.18. The Morgan fingerprint density at radius 1 is 1.00 bits per heavy atom. The highest BCUT2D eigenvalue weighted by Gasteiger charge is 2.28. The molecule has 0 aliphatic heterocycles. The summed E-state index contributed by atoms with van der Waals surface area (Å²) in [5, 5.41) is 3.25. The summed E-state index contributed by atoms with van der Waals surface area (Å²) < 4.78 is 0. The minimum Gasteiger partial charge on any atom is -0.355 e. The first-order chi connectivity index (χ1) is 14.7. The van der Waals surface area contributed by atoms with Crippen LogP contribution in [-0.4, -0.2) is 5.78 Å². The van der Waals surface area contributed by atoms with E-state index in [1.807, 2.05) is 62.5 Å². The maximum absolute atomic E-state index is 11.5. The summed E-state index contributed by atoms with van der Waals surface area (Å²) in [4.78, 5) is 11.5. The van der Waals surface area contributed by atoms with E-state index in [9.17, 15) is 4.79 Å². The number of rotatable bonds is 10. The Kier molecular flexibility index (Phi) is 13.0. The van der Waals surface area contributed by atoms with Gasteiger partial charge < -0.3 is 5.32 Å². The Hall–Kier alpha value is -3.39. The second-order valence-corrected chi connectivity index (χ2v) is 7.18. The first-order valence-electron chi connectivity index (χ1n) is 10.3. The van der Waals surface area contributed by atoms with Crippen LogP contribution in [-0.2, 0) is 4.79 Å². The molecule has 1 rings (SSSR count). The minimum atomic E-state index is 0.0160. The number of hydrogen-bond acceptors (Lipinski definition) is 2. The van der Waals surface area contributed by atoms with Gasteiger partial charge in [0.25, 0.3) is 0 Å². The number of nitrogens with one attached hydrogen (secondary N) is 1. The summed E-state index contributed by atoms with van der Waals surface area (Å²) in [5.74, 6) is 0.572. The van der Waals surface area contributed by atoms with E-state index in [-0.39, 0.29) is 5.78 Å². The van der Waals surface area contributed by atoms with Gasteiger partial charge in [0.1, 0.15) is 0 Å². The van der Waals surface area contributed by atoms with Crippen LogP contribution in [0.5, 0.6) is 0 Å². The zero-order chi connectivity index (χ0) is 24.0. The van der Waals surface area contributed by atoms with Crippen LogP contribution in [0.15, 0.2) is 133 Å². The number of allylic oxidation sites excluding steroid dienone is 15. The summed E-state index contributed by atoms with van der Waals surface area (Å²) in [6.45, 7) is 28.8. The molecule has 1 aliphatic carbocycles. The Labute approximate surface area is 189 Å². The van der Waals surface area contributed by atoms with Gasteiger partial charge in [0, 0.05) is 16.8 Å². The Bertz CT molecular complexity index is 908. The topological polar surface area (TPSA) is 29.1 Å². The molecule has 1 N–H and O–H groups in total. The van der Waals surface area contributed by atoms with Gasteiger partial charge >= 0.3 is 0 Å². The molecule has 0 aromatic rings. The maximum atomic E-state index is 11.5. The fourth-order valence-corrected chi connectivity index (χ4v) is 2.72. The molecule has 0 atom stereocenters. The predicted molar refractivity (Wildman–Crippen MR) is 138 cm³/mol. The van der Waals surface area contributed by atoms with Crippen LogP contribution in [0, 0.1) is 5.92 Å². The van der Waals surface area contributed by atoms with Crippen molar-refractivity contribution in [3.05, 3.63) is 133 Å². The Balaban J connectivity index is 0.000000842. The molecule has 0 aromatic heterocycles. The third kappa shape index (κ3) is 8.88. The van der Waals surface area contributed by atoms with Gasteiger partial charge in [0.2, 0.25) is 0 Å². The lowest BCUT2D eigenvalue weighted by Gasteiger charge is -2.24. The van der Waals surface area contributed by atoms with Gasteiger partial charge in [-0.2, -0.15) is 0 Å². The monoisotopic (exact) mass is 415 g/mol. The van der Waals surface area contributed by atoms with Gasteiger partial charge in [0.05, 0.1) is 5.70 Å². The summed E-state index contributed by atoms with van der Waals surface area (Å²) in [6.07, 6.45) is 19.0. The van der Waals surface area contributed by atoms with E-state index in [0.29, 0.717) is 17.1 Å². The van der Waals surface area contributed by atoms with Crippen molar-refractivity contribution in [1.82, 2.24) is 5.32 Å². The number of carbonyl (C=O) groups is 1. The van der Waals surface area contributed by atoms with Crippen molar-refractivity contribution in [2.75, 3.05) is 0 Å². The lowest BCUT2D eigenvalue weighted by molar-refractivity contribution is -0.113. The summed E-state index contributed by atoms with van der Waals surface area (Å²) >= 11 is 0. The quantitative estimate of drug-likeness (QED) is 0.293. The molecule has 0 aromatic carbocycles. The smallest absolute Gasteiger partial charge is 0.192 e. The Morgan fingerprint density at radius 3 is 1.97 bits per heavy atom. The van der Waals surface area contributed by atoms with Crippen molar-refractivity contribution >= 4 is 5.78 Å². The van der Waals surface area contributed by atoms with Gasteiger partial charge in [0.15, 0.2) is 5.78 Å². The molecule has 0 heterocycles. The van der Waals surface area contributed by atoms with Crippen molar-refractivity contribution in [1.29, 1.82) is 0 Å². The van der Waals surface area contributed by atoms with E-state index in [4.69, 9.17) is 0 Å². The molecule has 0 fully saturated rings. The van der Waals surface area contributed by atoms with E-state index in [1.54, 1.807) is 19.1 Å². The van der Waals surface area contributed by atoms with Gasteiger partial charge in [-0.25, -0.2) is 0 Å². The molecule has 0 unspecified atom stereocenters. The molecule has 2 nitrogen and oxygen atoms in total. The molecule has 0 radical (unpaired) electrons. The van der Waals surface area contributed by atoms with E-state index >= 15 is 0 Å². The molecule has 0 spiro atoms. The SMILES string of the molecule is C=C/C=C(\C=C)C(C)C.C=C/C=C(\C=C/C)C(=C)/C=C(\C=C/C)NC1=C(C)C(=O)C1=C. The van der Waals surface area contributed by atoms with Crippen LogP contribution >= 0.6 is 0 Å². The van der Waals surface area contributed by atoms with Crippen LogP contribution < -0.4 is 5.32 Å². The first kappa shape index (κ1) is 27.6. The number of hydrogen-bond donors (Lipinski definition) is 1. The zero-order valence-electron chi connectivity index (χ0n) is 19.8. The highest BCUT2D eigenvalue weighted by molar-refractivity contribution is 6.18. The van der Waals surface area contributed by atoms with Crippen molar-refractivity contribution in [3.8, 4) is 0 Å². The fourth-order valence-electron chi connectivity index (χ4n) is 2.72. The van der Waals surface area contributed by atoms with Gasteiger partial charge in [-0.05, 0) is 55.6 Å². The molecule has 2 heteroatoms. The molecule has 164 valence electrons. The average Bonchev–Trinajstić information content (AvgIpc) is 2.74. The summed E-state index contributed by atoms with van der Waals surface area (Å²) in [5.41, 5.74) is 5.96. The normalized spacial score (nSPS) is 15.1. The van der Waals surface area contributed by atoms with Crippen molar-refractivity contribution < 1.29 is 4.79 Å². The lowest BCUT2D eigenvalue weighted by atomic mass is 9.88. The van der Waals surface area contributed by atoms with Crippen molar-refractivity contribution in [2.45, 2.75) is 34.6 Å². The molecule has 0 saturated heterocycles. The average molecular weight is 416 g/mol. The highest BCUT2D eigenvalue weighted by Crippen LogP contribution is 2.27. The van der Waals surface area contributed by atoms with E-state index in [1.165, 1.54) is 5.57 Å². The molecule has 31 heavy (non-hydrogen) atoms. The standard InChI is InChI=1S/C20H23NO.C9H14/c1-7-10-17(11-8-2)14(4)13-18(12-9-3)21-19-15(5)20(22)16(19)6;1-5-7-9(6-2)8(3)4/h7-13,21H,1,4-5H2,2-3,6H3;5-8H,1-2H2,3-4H3/b11-8-,12-9-,17-10+,18-13+;9-7+. The molecule has 0 amide bonds. The fraction of sp³-hybridized carbons (Fsp3) is 0.207. The zero-order valence-corrected chi connectivity index (χ0v) is 19.8. The molecule has 0 saturated carbocycles. The maximum Gasteiger partial charge on any atom is 0.192 e. The van der Waals surface area contributed by atoms with Crippen LogP contribution in [0.4, 0.5) is 0 Å². The minimum absolute atomic E-state index is 0.0160. The number of carbonyl (C=O) groups excluding carboxylic acids is 1. The van der Waals surface area contributed by atoms with Crippen LogP contribution in [0.1, 0.15) is 34.6 Å². The summed E-state index contributed by atoms with van der Waals surface area (Å²) in [6, 6.07) is 0. The molecular formula is C29H37NO. The number of ketones is 1. The van der Waals surface area contributed by atoms with E-state index < -0.39 is 0 Å². The van der Waals surface area contributed by atoms with Crippen LogP contribution in [0.25, 0.3) is 0 Å². The van der Waals surface area contributed by atoms with Gasteiger partial charge in [-0.15, -0.1) is 0 Å². The van der Waals surface area contributed by atoms with Crippen molar-refractivity contribution in [3.63, 3.8) is 0 Å². The second kappa shape index (κ2) is 14.6.